The number of aliphatic hydroxyl groups is 1. The van der Waals surface area contributed by atoms with Gasteiger partial charge in [-0.1, -0.05) is 0 Å². The van der Waals surface area contributed by atoms with Crippen molar-refractivity contribution >= 4 is 18.0 Å². The van der Waals surface area contributed by atoms with Gasteiger partial charge in [0.15, 0.2) is 6.61 Å². The van der Waals surface area contributed by atoms with Crippen LogP contribution < -0.4 is 15.5 Å². The number of hydrazone groups is 1. The zero-order valence-electron chi connectivity index (χ0n) is 12.0. The first-order valence-corrected chi connectivity index (χ1v) is 6.46. The summed E-state index contributed by atoms with van der Waals surface area (Å²) in [4.78, 5) is 22.2. The minimum atomic E-state index is -0.609. The number of hydrogen-bond acceptors (Lipinski definition) is 5. The second-order valence-electron chi connectivity index (χ2n) is 4.53. The van der Waals surface area contributed by atoms with E-state index in [4.69, 9.17) is 9.84 Å². The molecule has 1 aromatic rings. The highest BCUT2D eigenvalue weighted by molar-refractivity contribution is 5.82. The summed E-state index contributed by atoms with van der Waals surface area (Å²) in [5.41, 5.74) is 2.89. The predicted octanol–water partition coefficient (Wildman–Crippen LogP) is 0.0324. The van der Waals surface area contributed by atoms with Gasteiger partial charge in [0.2, 0.25) is 0 Å². The molecule has 3 N–H and O–H groups in total. The highest BCUT2D eigenvalue weighted by Gasteiger charge is 2.04. The normalized spacial score (nSPS) is 10.7. The SMILES string of the molecule is CC(C)NC(=O)COc1ccc(/C=N\NC(=O)CO)cc1. The van der Waals surface area contributed by atoms with Crippen molar-refractivity contribution in [1.82, 2.24) is 10.7 Å². The summed E-state index contributed by atoms with van der Waals surface area (Å²) < 4.78 is 5.32. The average molecular weight is 293 g/mol. The van der Waals surface area contributed by atoms with E-state index in [-0.39, 0.29) is 18.6 Å². The van der Waals surface area contributed by atoms with Crippen LogP contribution in [0.2, 0.25) is 0 Å². The maximum Gasteiger partial charge on any atom is 0.265 e. The smallest absolute Gasteiger partial charge is 0.265 e. The zero-order valence-corrected chi connectivity index (χ0v) is 12.0. The Kier molecular flexibility index (Phi) is 6.90. The fourth-order valence-corrected chi connectivity index (χ4v) is 1.38. The summed E-state index contributed by atoms with van der Waals surface area (Å²) in [5, 5.41) is 14.9. The van der Waals surface area contributed by atoms with Crippen molar-refractivity contribution in [3.8, 4) is 5.75 Å². The Morgan fingerprint density at radius 3 is 2.52 bits per heavy atom. The highest BCUT2D eigenvalue weighted by Crippen LogP contribution is 2.10. The van der Waals surface area contributed by atoms with Crippen molar-refractivity contribution in [3.05, 3.63) is 29.8 Å². The predicted molar refractivity (Wildman–Crippen MR) is 78.0 cm³/mol. The van der Waals surface area contributed by atoms with E-state index in [9.17, 15) is 9.59 Å². The first-order valence-electron chi connectivity index (χ1n) is 6.46. The maximum absolute atomic E-state index is 11.4. The van der Waals surface area contributed by atoms with Crippen molar-refractivity contribution < 1.29 is 19.4 Å². The van der Waals surface area contributed by atoms with Crippen LogP contribution in [0.1, 0.15) is 19.4 Å². The summed E-state index contributed by atoms with van der Waals surface area (Å²) >= 11 is 0. The second kappa shape index (κ2) is 8.70. The number of ether oxygens (including phenoxy) is 1. The standard InChI is InChI=1S/C14H19N3O4/c1-10(2)16-14(20)9-21-12-5-3-11(4-6-12)7-15-17-13(19)8-18/h3-7,10,18H,8-9H2,1-2H3,(H,16,20)(H,17,19)/b15-7-. The van der Waals surface area contributed by atoms with Gasteiger partial charge in [-0.2, -0.15) is 5.10 Å². The summed E-state index contributed by atoms with van der Waals surface area (Å²) in [6, 6.07) is 6.92. The van der Waals surface area contributed by atoms with Gasteiger partial charge in [0.25, 0.3) is 11.8 Å². The van der Waals surface area contributed by atoms with E-state index < -0.39 is 12.5 Å². The van der Waals surface area contributed by atoms with Crippen LogP contribution >= 0.6 is 0 Å². The van der Waals surface area contributed by atoms with E-state index in [1.54, 1.807) is 24.3 Å². The lowest BCUT2D eigenvalue weighted by Gasteiger charge is -2.09. The number of amides is 2. The lowest BCUT2D eigenvalue weighted by atomic mass is 10.2. The van der Waals surface area contributed by atoms with Crippen molar-refractivity contribution in [2.75, 3.05) is 13.2 Å². The molecule has 0 atom stereocenters. The highest BCUT2D eigenvalue weighted by atomic mass is 16.5. The van der Waals surface area contributed by atoms with Crippen molar-refractivity contribution in [2.45, 2.75) is 19.9 Å². The van der Waals surface area contributed by atoms with Gasteiger partial charge in [-0.15, -0.1) is 0 Å². The van der Waals surface area contributed by atoms with Crippen LogP contribution in [0.4, 0.5) is 0 Å². The Morgan fingerprint density at radius 2 is 1.95 bits per heavy atom. The molecule has 0 saturated carbocycles. The van der Waals surface area contributed by atoms with Crippen LogP contribution in [0.5, 0.6) is 5.75 Å². The summed E-state index contributed by atoms with van der Waals surface area (Å²) in [5.74, 6) is -0.199. The van der Waals surface area contributed by atoms with Crippen molar-refractivity contribution in [2.24, 2.45) is 5.10 Å². The van der Waals surface area contributed by atoms with Crippen LogP contribution in [0, 0.1) is 0 Å². The van der Waals surface area contributed by atoms with Crippen molar-refractivity contribution in [1.29, 1.82) is 0 Å². The molecule has 0 fully saturated rings. The molecule has 0 spiro atoms. The van der Waals surface area contributed by atoms with E-state index in [0.29, 0.717) is 5.75 Å². The molecular weight excluding hydrogens is 274 g/mol. The first kappa shape index (κ1) is 16.6. The summed E-state index contributed by atoms with van der Waals surface area (Å²) in [7, 11) is 0. The lowest BCUT2D eigenvalue weighted by molar-refractivity contribution is -0.124. The quantitative estimate of drug-likeness (QED) is 0.488. The van der Waals surface area contributed by atoms with E-state index in [2.05, 4.69) is 15.8 Å². The number of benzene rings is 1. The second-order valence-corrected chi connectivity index (χ2v) is 4.53. The molecule has 1 aromatic carbocycles. The molecule has 0 aliphatic heterocycles. The Hall–Kier alpha value is -2.41. The van der Waals surface area contributed by atoms with Gasteiger partial charge < -0.3 is 15.2 Å². The third-order valence-electron chi connectivity index (χ3n) is 2.25. The molecule has 0 radical (unpaired) electrons. The summed E-state index contributed by atoms with van der Waals surface area (Å²) in [6.07, 6.45) is 1.43. The third-order valence-corrected chi connectivity index (χ3v) is 2.25. The summed E-state index contributed by atoms with van der Waals surface area (Å²) in [6.45, 7) is 3.10. The average Bonchev–Trinajstić information content (AvgIpc) is 2.45. The molecule has 21 heavy (non-hydrogen) atoms. The maximum atomic E-state index is 11.4. The van der Waals surface area contributed by atoms with Crippen LogP contribution in [0.3, 0.4) is 0 Å². The molecule has 0 aromatic heterocycles. The molecular formula is C14H19N3O4. The minimum absolute atomic E-state index is 0.0435. The molecule has 0 heterocycles. The lowest BCUT2D eigenvalue weighted by Crippen LogP contribution is -2.34. The van der Waals surface area contributed by atoms with Gasteiger partial charge >= 0.3 is 0 Å². The van der Waals surface area contributed by atoms with Gasteiger partial charge in [-0.3, -0.25) is 9.59 Å². The largest absolute Gasteiger partial charge is 0.484 e. The fraction of sp³-hybridized carbons (Fsp3) is 0.357. The molecule has 1 rings (SSSR count). The van der Waals surface area contributed by atoms with Crippen LogP contribution in [0.25, 0.3) is 0 Å². The van der Waals surface area contributed by atoms with Crippen LogP contribution in [-0.2, 0) is 9.59 Å². The number of rotatable bonds is 7. The van der Waals surface area contributed by atoms with E-state index in [1.807, 2.05) is 13.8 Å². The topological polar surface area (TPSA) is 100 Å². The Morgan fingerprint density at radius 1 is 1.29 bits per heavy atom. The van der Waals surface area contributed by atoms with Gasteiger partial charge in [0.05, 0.1) is 6.21 Å². The fourth-order valence-electron chi connectivity index (χ4n) is 1.38. The van der Waals surface area contributed by atoms with Gasteiger partial charge in [-0.05, 0) is 43.7 Å². The molecule has 7 heteroatoms. The Balaban J connectivity index is 2.43. The monoisotopic (exact) mass is 293 g/mol. The van der Waals surface area contributed by atoms with Crippen LogP contribution in [-0.4, -0.2) is 42.4 Å². The molecule has 7 nitrogen and oxygen atoms in total. The number of carbonyl (C=O) groups is 2. The Labute approximate surface area is 123 Å². The molecule has 114 valence electrons. The van der Waals surface area contributed by atoms with Crippen molar-refractivity contribution in [3.63, 3.8) is 0 Å². The zero-order chi connectivity index (χ0) is 15.7. The Bertz CT molecular complexity index is 497. The van der Waals surface area contributed by atoms with E-state index in [0.717, 1.165) is 5.56 Å². The van der Waals surface area contributed by atoms with Gasteiger partial charge in [0.1, 0.15) is 12.4 Å². The number of aliphatic hydroxyl groups excluding tert-OH is 1. The molecule has 0 aliphatic rings. The van der Waals surface area contributed by atoms with Gasteiger partial charge in [-0.25, -0.2) is 5.43 Å². The molecule has 0 bridgehead atoms. The van der Waals surface area contributed by atoms with E-state index >= 15 is 0 Å². The molecule has 2 amide bonds. The molecule has 0 unspecified atom stereocenters. The third kappa shape index (κ3) is 7.07. The molecule has 0 saturated heterocycles. The number of nitrogens with one attached hydrogen (secondary N) is 2. The number of hydrogen-bond donors (Lipinski definition) is 3. The first-order chi connectivity index (χ1) is 10.0. The number of carbonyl (C=O) groups excluding carboxylic acids is 2. The molecule has 0 aliphatic carbocycles. The minimum Gasteiger partial charge on any atom is -0.484 e. The number of nitrogens with zero attached hydrogens (tertiary/aromatic N) is 1. The van der Waals surface area contributed by atoms with Gasteiger partial charge in [0, 0.05) is 6.04 Å². The van der Waals surface area contributed by atoms with E-state index in [1.165, 1.54) is 6.21 Å². The van der Waals surface area contributed by atoms with Crippen LogP contribution in [0.15, 0.2) is 29.4 Å².